The van der Waals surface area contributed by atoms with Crippen molar-refractivity contribution in [2.45, 2.75) is 18.9 Å². The molecule has 1 saturated carbocycles. The molecule has 0 bridgehead atoms. The van der Waals surface area contributed by atoms with Gasteiger partial charge in [-0.1, -0.05) is 11.6 Å². The van der Waals surface area contributed by atoms with Crippen molar-refractivity contribution in [3.05, 3.63) is 52.5 Å². The third-order valence-corrected chi connectivity index (χ3v) is 6.99. The highest BCUT2D eigenvalue weighted by Gasteiger charge is 2.31. The topological polar surface area (TPSA) is 53.4 Å². The molecule has 6 nitrogen and oxygen atoms in total. The number of nitrogens with one attached hydrogen (secondary N) is 1. The first-order valence-corrected chi connectivity index (χ1v) is 11.5. The van der Waals surface area contributed by atoms with Crippen LogP contribution in [0.1, 0.15) is 23.2 Å². The van der Waals surface area contributed by atoms with Gasteiger partial charge in [-0.25, -0.2) is 0 Å². The fourth-order valence-electron chi connectivity index (χ4n) is 4.02. The second-order valence-electron chi connectivity index (χ2n) is 7.92. The summed E-state index contributed by atoms with van der Waals surface area (Å²) in [5.74, 6) is -0.173. The van der Waals surface area contributed by atoms with E-state index >= 15 is 0 Å². The number of aryl methyl sites for hydroxylation is 1. The summed E-state index contributed by atoms with van der Waals surface area (Å²) >= 11 is 7.48. The van der Waals surface area contributed by atoms with Gasteiger partial charge in [0.1, 0.15) is 5.69 Å². The molecule has 30 heavy (non-hydrogen) atoms. The number of aromatic nitrogens is 2. The van der Waals surface area contributed by atoms with Crippen molar-refractivity contribution in [2.75, 3.05) is 36.4 Å². The molecule has 5 rings (SSSR count). The van der Waals surface area contributed by atoms with E-state index in [0.717, 1.165) is 42.8 Å². The van der Waals surface area contributed by atoms with Gasteiger partial charge in [0.05, 0.1) is 14.8 Å². The molecule has 2 fully saturated rings. The molecular formula is C22H24ClN5OS. The van der Waals surface area contributed by atoms with E-state index in [1.165, 1.54) is 29.9 Å². The summed E-state index contributed by atoms with van der Waals surface area (Å²) in [5.41, 5.74) is 3.17. The minimum absolute atomic E-state index is 0.173. The van der Waals surface area contributed by atoms with Crippen molar-refractivity contribution in [1.82, 2.24) is 14.7 Å². The van der Waals surface area contributed by atoms with Crippen molar-refractivity contribution in [1.29, 1.82) is 0 Å². The van der Waals surface area contributed by atoms with Crippen LogP contribution in [-0.4, -0.2) is 52.8 Å². The summed E-state index contributed by atoms with van der Waals surface area (Å²) in [6.07, 6.45) is 4.48. The number of hydrogen-bond acceptors (Lipinski definition) is 5. The normalized spacial score (nSPS) is 17.3. The molecule has 1 aliphatic heterocycles. The molecule has 0 radical (unpaired) electrons. The fourth-order valence-corrected chi connectivity index (χ4v) is 5.06. The van der Waals surface area contributed by atoms with E-state index in [0.29, 0.717) is 15.6 Å². The van der Waals surface area contributed by atoms with E-state index in [1.54, 1.807) is 10.9 Å². The van der Waals surface area contributed by atoms with Gasteiger partial charge in [-0.3, -0.25) is 14.4 Å². The molecule has 1 N–H and O–H groups in total. The minimum Gasteiger partial charge on any atom is -0.369 e. The predicted octanol–water partition coefficient (Wildman–Crippen LogP) is 4.34. The van der Waals surface area contributed by atoms with Gasteiger partial charge in [0.2, 0.25) is 0 Å². The number of carbonyl (C=O) groups excluding carboxylic acids is 1. The molecule has 2 aliphatic rings. The molecule has 3 heterocycles. The molecular weight excluding hydrogens is 418 g/mol. The summed E-state index contributed by atoms with van der Waals surface area (Å²) < 4.78 is 2.33. The number of nitrogens with zero attached hydrogens (tertiary/aromatic N) is 4. The molecule has 1 saturated heterocycles. The Bertz CT molecular complexity index is 1050. The highest BCUT2D eigenvalue weighted by atomic mass is 35.5. The highest BCUT2D eigenvalue weighted by molar-refractivity contribution is 7.19. The molecule has 0 atom stereocenters. The molecule has 1 amide bonds. The van der Waals surface area contributed by atoms with Crippen LogP contribution in [0.3, 0.4) is 0 Å². The van der Waals surface area contributed by atoms with E-state index in [2.05, 4.69) is 32.3 Å². The lowest BCUT2D eigenvalue weighted by atomic mass is 10.2. The Morgan fingerprint density at radius 2 is 1.83 bits per heavy atom. The van der Waals surface area contributed by atoms with Gasteiger partial charge in [-0.15, -0.1) is 11.3 Å². The van der Waals surface area contributed by atoms with Crippen molar-refractivity contribution < 1.29 is 4.79 Å². The lowest BCUT2D eigenvalue weighted by Gasteiger charge is -2.36. The van der Waals surface area contributed by atoms with Crippen molar-refractivity contribution in [3.63, 3.8) is 0 Å². The molecule has 0 spiro atoms. The summed E-state index contributed by atoms with van der Waals surface area (Å²) in [5, 5.41) is 7.45. The van der Waals surface area contributed by atoms with E-state index in [9.17, 15) is 4.79 Å². The van der Waals surface area contributed by atoms with Gasteiger partial charge >= 0.3 is 0 Å². The van der Waals surface area contributed by atoms with Gasteiger partial charge < -0.3 is 10.2 Å². The zero-order chi connectivity index (χ0) is 20.7. The predicted molar refractivity (Wildman–Crippen MR) is 123 cm³/mol. The van der Waals surface area contributed by atoms with Crippen LogP contribution in [0.4, 0.5) is 11.4 Å². The lowest BCUT2D eigenvalue weighted by Crippen LogP contribution is -2.47. The molecule has 1 aliphatic carbocycles. The standard InChI is InChI=1S/C22H24ClN5OS/c1-26-14-18(21(25-26)19-8-9-20(23)30-19)22(29)24-15-2-4-16(5-3-15)27-10-12-28(13-11-27)17-6-7-17/h2-5,8-9,14,17H,6-7,10-13H2,1H3,(H,24,29). The number of thiophene rings is 1. The smallest absolute Gasteiger partial charge is 0.259 e. The Labute approximate surface area is 185 Å². The average Bonchev–Trinajstić information content (AvgIpc) is 3.40. The lowest BCUT2D eigenvalue weighted by molar-refractivity contribution is 0.102. The van der Waals surface area contributed by atoms with Crippen LogP contribution in [-0.2, 0) is 7.05 Å². The number of anilines is 2. The van der Waals surface area contributed by atoms with Crippen molar-refractivity contribution in [3.8, 4) is 10.6 Å². The van der Waals surface area contributed by atoms with Crippen molar-refractivity contribution in [2.24, 2.45) is 7.05 Å². The van der Waals surface area contributed by atoms with E-state index in [1.807, 2.05) is 31.3 Å². The fraction of sp³-hybridized carbons (Fsp3) is 0.364. The first-order valence-electron chi connectivity index (χ1n) is 10.3. The number of rotatable bonds is 5. The highest BCUT2D eigenvalue weighted by Crippen LogP contribution is 2.32. The van der Waals surface area contributed by atoms with E-state index in [4.69, 9.17) is 11.6 Å². The van der Waals surface area contributed by atoms with Gasteiger partial charge in [-0.2, -0.15) is 5.10 Å². The van der Waals surface area contributed by atoms with Gasteiger partial charge in [0.15, 0.2) is 0 Å². The first-order chi connectivity index (χ1) is 14.6. The van der Waals surface area contributed by atoms with Gasteiger partial charge in [-0.05, 0) is 49.2 Å². The second kappa shape index (κ2) is 8.06. The zero-order valence-corrected chi connectivity index (χ0v) is 18.4. The van der Waals surface area contributed by atoms with Crippen LogP contribution < -0.4 is 10.2 Å². The molecule has 156 valence electrons. The number of carbonyl (C=O) groups is 1. The van der Waals surface area contributed by atoms with Crippen LogP contribution in [0.15, 0.2) is 42.6 Å². The molecule has 1 aromatic carbocycles. The van der Waals surface area contributed by atoms with Crippen LogP contribution >= 0.6 is 22.9 Å². The maximum absolute atomic E-state index is 12.9. The minimum atomic E-state index is -0.173. The monoisotopic (exact) mass is 441 g/mol. The first kappa shape index (κ1) is 19.6. The maximum Gasteiger partial charge on any atom is 0.259 e. The molecule has 2 aromatic heterocycles. The third kappa shape index (κ3) is 4.10. The van der Waals surface area contributed by atoms with Crippen molar-refractivity contribution >= 4 is 40.2 Å². The SMILES string of the molecule is Cn1cc(C(=O)Nc2ccc(N3CCN(C4CC4)CC3)cc2)c(-c2ccc(Cl)s2)n1. The third-order valence-electron chi connectivity index (χ3n) is 5.75. The summed E-state index contributed by atoms with van der Waals surface area (Å²) in [6.45, 7) is 4.40. The molecule has 0 unspecified atom stereocenters. The quantitative estimate of drug-likeness (QED) is 0.640. The maximum atomic E-state index is 12.9. The number of benzene rings is 1. The Morgan fingerprint density at radius 3 is 2.47 bits per heavy atom. The molecule has 3 aromatic rings. The Morgan fingerprint density at radius 1 is 1.10 bits per heavy atom. The van der Waals surface area contributed by atoms with Crippen LogP contribution in [0.25, 0.3) is 10.6 Å². The van der Waals surface area contributed by atoms with Gasteiger partial charge in [0.25, 0.3) is 5.91 Å². The zero-order valence-electron chi connectivity index (χ0n) is 16.8. The average molecular weight is 442 g/mol. The Hall–Kier alpha value is -2.35. The van der Waals surface area contributed by atoms with Crippen LogP contribution in [0, 0.1) is 0 Å². The Balaban J connectivity index is 1.26. The summed E-state index contributed by atoms with van der Waals surface area (Å²) in [6, 6.07) is 12.7. The van der Waals surface area contributed by atoms with Gasteiger partial charge in [0, 0.05) is 56.8 Å². The van der Waals surface area contributed by atoms with E-state index in [-0.39, 0.29) is 5.91 Å². The van der Waals surface area contributed by atoms with Crippen LogP contribution in [0.2, 0.25) is 4.34 Å². The Kier molecular flexibility index (Phi) is 5.26. The molecule has 8 heteroatoms. The summed E-state index contributed by atoms with van der Waals surface area (Å²) in [7, 11) is 1.81. The largest absolute Gasteiger partial charge is 0.369 e. The number of hydrogen-bond donors (Lipinski definition) is 1. The van der Waals surface area contributed by atoms with E-state index < -0.39 is 0 Å². The second-order valence-corrected chi connectivity index (χ2v) is 9.64. The van der Waals surface area contributed by atoms with Crippen LogP contribution in [0.5, 0.6) is 0 Å². The number of amides is 1. The number of piperazine rings is 1. The summed E-state index contributed by atoms with van der Waals surface area (Å²) in [4.78, 5) is 18.8. The number of halogens is 1.